The number of nitrogens with one attached hydrogen (secondary N) is 2. The highest BCUT2D eigenvalue weighted by atomic mass is 19.4. The number of halogens is 6. The van der Waals surface area contributed by atoms with Gasteiger partial charge >= 0.3 is 12.4 Å². The Balaban J connectivity index is 1.03. The van der Waals surface area contributed by atoms with Crippen LogP contribution in [0.3, 0.4) is 0 Å². The second kappa shape index (κ2) is 14.4. The van der Waals surface area contributed by atoms with E-state index >= 15 is 0 Å². The average molecular weight is 797 g/mol. The monoisotopic (exact) mass is 796 g/mol. The van der Waals surface area contributed by atoms with Crippen molar-refractivity contribution < 1.29 is 45.5 Å². The van der Waals surface area contributed by atoms with Crippen molar-refractivity contribution in [3.63, 3.8) is 0 Å². The van der Waals surface area contributed by atoms with Crippen molar-refractivity contribution in [1.29, 1.82) is 0 Å². The molecule has 0 radical (unpaired) electrons. The van der Waals surface area contributed by atoms with Crippen molar-refractivity contribution in [1.82, 2.24) is 40.0 Å². The van der Waals surface area contributed by atoms with Crippen molar-refractivity contribution >= 4 is 23.6 Å². The molecule has 2 aromatic carbocycles. The number of amides is 4. The zero-order valence-electron chi connectivity index (χ0n) is 30.8. The number of carbonyl (C=O) groups is 4. The van der Waals surface area contributed by atoms with E-state index in [0.717, 1.165) is 12.1 Å². The Morgan fingerprint density at radius 2 is 1.35 bits per heavy atom. The number of rotatable bonds is 5. The first kappa shape index (κ1) is 38.2. The molecule has 4 aromatic rings. The van der Waals surface area contributed by atoms with Crippen molar-refractivity contribution in [2.24, 2.45) is 0 Å². The van der Waals surface area contributed by atoms with Crippen molar-refractivity contribution in [3.8, 4) is 5.69 Å². The van der Waals surface area contributed by atoms with Crippen LogP contribution in [0.25, 0.3) is 5.69 Å². The van der Waals surface area contributed by atoms with Crippen LogP contribution in [-0.2, 0) is 47.9 Å². The summed E-state index contributed by atoms with van der Waals surface area (Å²) >= 11 is 0. The van der Waals surface area contributed by atoms with Gasteiger partial charge in [-0.2, -0.15) is 36.5 Å². The number of likely N-dealkylation sites (tertiary alicyclic amines) is 2. The first-order valence-corrected chi connectivity index (χ1v) is 18.7. The van der Waals surface area contributed by atoms with Gasteiger partial charge in [0.2, 0.25) is 11.8 Å². The fourth-order valence-electron chi connectivity index (χ4n) is 8.62. The largest absolute Gasteiger partial charge is 0.416 e. The van der Waals surface area contributed by atoms with Gasteiger partial charge in [0.1, 0.15) is 0 Å². The lowest BCUT2D eigenvalue weighted by Crippen LogP contribution is -2.39. The van der Waals surface area contributed by atoms with Gasteiger partial charge in [-0.25, -0.2) is 4.68 Å². The van der Waals surface area contributed by atoms with Crippen LogP contribution in [0.4, 0.5) is 26.3 Å². The maximum absolute atomic E-state index is 14.8. The summed E-state index contributed by atoms with van der Waals surface area (Å²) in [4.78, 5) is 56.7. The number of piperidine rings is 2. The molecule has 57 heavy (non-hydrogen) atoms. The van der Waals surface area contributed by atoms with E-state index in [1.54, 1.807) is 13.1 Å². The summed E-state index contributed by atoms with van der Waals surface area (Å²) in [7, 11) is 1.55. The Kier molecular flexibility index (Phi) is 9.63. The number of likely N-dealkylation sites (N-methyl/N-ethyl adjacent to an activating group) is 1. The van der Waals surface area contributed by atoms with Crippen LogP contribution in [0.15, 0.2) is 42.5 Å². The van der Waals surface area contributed by atoms with Crippen molar-refractivity contribution in [2.75, 3.05) is 33.2 Å². The Hall–Kier alpha value is -5.68. The maximum Gasteiger partial charge on any atom is 0.416 e. The zero-order chi connectivity index (χ0) is 40.4. The molecule has 0 bridgehead atoms. The minimum Gasteiger partial charge on any atom is -0.350 e. The van der Waals surface area contributed by atoms with Crippen LogP contribution in [-0.4, -0.2) is 91.5 Å². The second-order valence-corrected chi connectivity index (χ2v) is 15.1. The van der Waals surface area contributed by atoms with E-state index in [1.165, 1.54) is 43.6 Å². The molecule has 0 spiro atoms. The zero-order valence-corrected chi connectivity index (χ0v) is 30.8. The van der Waals surface area contributed by atoms with Gasteiger partial charge in [-0.3, -0.25) is 24.3 Å². The molecule has 4 aliphatic heterocycles. The number of alkyl halides is 6. The molecule has 0 unspecified atom stereocenters. The van der Waals surface area contributed by atoms with Gasteiger partial charge in [0.05, 0.1) is 47.6 Å². The third-order valence-electron chi connectivity index (χ3n) is 11.7. The third-order valence-corrected chi connectivity index (χ3v) is 11.7. The molecule has 0 saturated carbocycles. The van der Waals surface area contributed by atoms with Gasteiger partial charge in [-0.1, -0.05) is 24.3 Å². The summed E-state index contributed by atoms with van der Waals surface area (Å²) in [6.45, 7) is 0.868. The van der Waals surface area contributed by atoms with Gasteiger partial charge in [0, 0.05) is 50.9 Å². The van der Waals surface area contributed by atoms with E-state index in [1.807, 2.05) is 0 Å². The van der Waals surface area contributed by atoms with Crippen LogP contribution < -0.4 is 5.32 Å². The lowest BCUT2D eigenvalue weighted by Gasteiger charge is -2.33. The van der Waals surface area contributed by atoms with Gasteiger partial charge in [-0.15, -0.1) is 0 Å². The second-order valence-electron chi connectivity index (χ2n) is 15.1. The third kappa shape index (κ3) is 7.14. The van der Waals surface area contributed by atoms with E-state index in [0.29, 0.717) is 22.5 Å². The summed E-state index contributed by atoms with van der Waals surface area (Å²) in [5.74, 6) is -2.41. The Labute approximate surface area is 322 Å². The molecule has 2 aromatic heterocycles. The lowest BCUT2D eigenvalue weighted by atomic mass is 9.85. The van der Waals surface area contributed by atoms with Gasteiger partial charge < -0.3 is 20.0 Å². The van der Waals surface area contributed by atoms with Gasteiger partial charge in [0.25, 0.3) is 11.8 Å². The molecular formula is C39H38F6N8O4. The van der Waals surface area contributed by atoms with Crippen molar-refractivity contribution in [2.45, 2.75) is 75.8 Å². The SMILES string of the molecule is CN1Cc2c(C(=O)N3CCC(c4ccccc4C(F)(F)F)CC3)nn(-c3ccc(C4CCN(C(=O)c5n[nH]c6c5CC(=O)NC6)CC4)c(C(F)(F)F)c3)c2CC1=O. The molecule has 8 rings (SSSR count). The van der Waals surface area contributed by atoms with E-state index < -0.39 is 47.1 Å². The number of H-pyrrole nitrogens is 1. The molecule has 12 nitrogen and oxygen atoms in total. The predicted molar refractivity (Wildman–Crippen MR) is 190 cm³/mol. The molecule has 0 atom stereocenters. The summed E-state index contributed by atoms with van der Waals surface area (Å²) in [6.07, 6.45) is -8.46. The first-order valence-electron chi connectivity index (χ1n) is 18.7. The number of hydrogen-bond donors (Lipinski definition) is 2. The molecular weight excluding hydrogens is 758 g/mol. The average Bonchev–Trinajstić information content (AvgIpc) is 3.78. The Morgan fingerprint density at radius 3 is 1.98 bits per heavy atom. The Bertz CT molecular complexity index is 2260. The normalized spacial score (nSPS) is 18.4. The van der Waals surface area contributed by atoms with Crippen LogP contribution in [0.1, 0.15) is 103 Å². The van der Waals surface area contributed by atoms with Crippen LogP contribution in [0, 0.1) is 0 Å². The minimum atomic E-state index is -4.77. The standard InChI is InChI=1S/C39H38F6N8O4/c1-50-20-27-31(18-33(50)55)53(49-35(27)37(57)52-14-8-21(9-15-52)24-4-2-3-5-28(24)38(40,41)42)23-6-7-25(29(16-23)39(43,44)45)22-10-12-51(13-11-22)36(56)34-26-17-32(54)46-19-30(26)47-48-34/h2-7,16,21-22H,8-15,17-20H2,1H3,(H,46,54)(H,47,48). The number of aromatic amines is 1. The summed E-state index contributed by atoms with van der Waals surface area (Å²) < 4.78 is 87.0. The van der Waals surface area contributed by atoms with E-state index in [-0.39, 0.29) is 118 Å². The van der Waals surface area contributed by atoms with E-state index in [4.69, 9.17) is 0 Å². The highest BCUT2D eigenvalue weighted by Gasteiger charge is 2.40. The molecule has 300 valence electrons. The highest BCUT2D eigenvalue weighted by molar-refractivity contribution is 5.96. The quantitative estimate of drug-likeness (QED) is 0.261. The van der Waals surface area contributed by atoms with Gasteiger partial charge in [-0.05, 0) is 66.8 Å². The fourth-order valence-corrected chi connectivity index (χ4v) is 8.62. The minimum absolute atomic E-state index is 0.000444. The Morgan fingerprint density at radius 1 is 0.754 bits per heavy atom. The molecule has 2 saturated heterocycles. The molecule has 6 heterocycles. The summed E-state index contributed by atoms with van der Waals surface area (Å²) in [5.41, 5.74) is 0.616. The summed E-state index contributed by atoms with van der Waals surface area (Å²) in [6, 6.07) is 9.24. The molecule has 18 heteroatoms. The first-order chi connectivity index (χ1) is 27.1. The highest BCUT2D eigenvalue weighted by Crippen LogP contribution is 2.42. The number of hydrogen-bond acceptors (Lipinski definition) is 6. The van der Waals surface area contributed by atoms with Crippen molar-refractivity contribution in [3.05, 3.63) is 98.6 Å². The van der Waals surface area contributed by atoms with Gasteiger partial charge in [0.15, 0.2) is 11.4 Å². The number of nitrogens with zero attached hydrogens (tertiary/aromatic N) is 6. The van der Waals surface area contributed by atoms with E-state index in [2.05, 4.69) is 20.6 Å². The maximum atomic E-state index is 14.8. The van der Waals surface area contributed by atoms with Crippen LogP contribution in [0.5, 0.6) is 0 Å². The smallest absolute Gasteiger partial charge is 0.350 e. The molecule has 4 aliphatic rings. The molecule has 2 fully saturated rings. The molecule has 2 N–H and O–H groups in total. The fraction of sp³-hybridized carbons (Fsp3) is 0.436. The number of carbonyl (C=O) groups excluding carboxylic acids is 4. The number of fused-ring (bicyclic) bond motifs is 2. The number of benzene rings is 2. The van der Waals surface area contributed by atoms with Crippen LogP contribution in [0.2, 0.25) is 0 Å². The molecule has 4 amide bonds. The number of aromatic nitrogens is 4. The van der Waals surface area contributed by atoms with Crippen LogP contribution >= 0.6 is 0 Å². The lowest BCUT2D eigenvalue weighted by molar-refractivity contribution is -0.139. The predicted octanol–water partition coefficient (Wildman–Crippen LogP) is 5.36. The molecule has 0 aliphatic carbocycles. The van der Waals surface area contributed by atoms with E-state index in [9.17, 15) is 45.5 Å². The topological polar surface area (TPSA) is 137 Å². The summed E-state index contributed by atoms with van der Waals surface area (Å²) in [5, 5.41) is 14.1.